The predicted molar refractivity (Wildman–Crippen MR) is 42.3 cm³/mol. The van der Waals surface area contributed by atoms with Crippen LogP contribution in [0.1, 0.15) is 27.2 Å². The average molecular weight is 160 g/mol. The van der Waals surface area contributed by atoms with Crippen LogP contribution in [0.25, 0.3) is 0 Å². The van der Waals surface area contributed by atoms with E-state index in [-0.39, 0.29) is 5.78 Å². The van der Waals surface area contributed by atoms with Gasteiger partial charge in [0, 0.05) is 19.6 Å². The maximum absolute atomic E-state index is 11.0. The van der Waals surface area contributed by atoms with Gasteiger partial charge in [0.05, 0.1) is 0 Å². The van der Waals surface area contributed by atoms with Crippen molar-refractivity contribution in [3.05, 3.63) is 0 Å². The molecule has 0 aromatic heterocycles. The lowest BCUT2D eigenvalue weighted by molar-refractivity contribution is -0.167. The summed E-state index contributed by atoms with van der Waals surface area (Å²) < 4.78 is 10.1. The van der Waals surface area contributed by atoms with Crippen LogP contribution in [0, 0.1) is 0 Å². The summed E-state index contributed by atoms with van der Waals surface area (Å²) in [5.74, 6) is 0.00806. The van der Waals surface area contributed by atoms with E-state index >= 15 is 0 Å². The SMILES string of the molecule is CCOC(OCC)C(=O)CC. The fourth-order valence-electron chi connectivity index (χ4n) is 0.703. The summed E-state index contributed by atoms with van der Waals surface area (Å²) in [6.45, 7) is 6.50. The Morgan fingerprint density at radius 3 is 1.91 bits per heavy atom. The van der Waals surface area contributed by atoms with Gasteiger partial charge in [-0.2, -0.15) is 0 Å². The third-order valence-corrected chi connectivity index (χ3v) is 1.25. The fourth-order valence-corrected chi connectivity index (χ4v) is 0.703. The Bertz CT molecular complexity index is 106. The number of ether oxygens (including phenoxy) is 2. The molecule has 3 nitrogen and oxygen atoms in total. The quantitative estimate of drug-likeness (QED) is 0.550. The summed E-state index contributed by atoms with van der Waals surface area (Å²) in [6, 6.07) is 0. The van der Waals surface area contributed by atoms with Crippen LogP contribution in [0.3, 0.4) is 0 Å². The van der Waals surface area contributed by atoms with Crippen molar-refractivity contribution >= 4 is 5.78 Å². The zero-order valence-corrected chi connectivity index (χ0v) is 7.42. The van der Waals surface area contributed by atoms with Gasteiger partial charge in [0.15, 0.2) is 5.78 Å². The molecule has 11 heavy (non-hydrogen) atoms. The van der Waals surface area contributed by atoms with Gasteiger partial charge < -0.3 is 9.47 Å². The predicted octanol–water partition coefficient (Wildman–Crippen LogP) is 1.36. The van der Waals surface area contributed by atoms with Crippen LogP contribution >= 0.6 is 0 Å². The van der Waals surface area contributed by atoms with Crippen LogP contribution in [0.5, 0.6) is 0 Å². The molecule has 0 saturated carbocycles. The maximum atomic E-state index is 11.0. The average Bonchev–Trinajstić information content (AvgIpc) is 2.03. The lowest BCUT2D eigenvalue weighted by atomic mass is 10.3. The van der Waals surface area contributed by atoms with E-state index in [4.69, 9.17) is 9.47 Å². The summed E-state index contributed by atoms with van der Waals surface area (Å²) in [7, 11) is 0. The van der Waals surface area contributed by atoms with Gasteiger partial charge in [0.2, 0.25) is 6.29 Å². The second-order valence-electron chi connectivity index (χ2n) is 2.06. The van der Waals surface area contributed by atoms with Crippen molar-refractivity contribution in [2.45, 2.75) is 33.5 Å². The molecule has 0 N–H and O–H groups in total. The van der Waals surface area contributed by atoms with E-state index in [1.807, 2.05) is 13.8 Å². The third kappa shape index (κ3) is 4.11. The van der Waals surface area contributed by atoms with Crippen molar-refractivity contribution in [3.8, 4) is 0 Å². The van der Waals surface area contributed by atoms with Crippen LogP contribution in [0.4, 0.5) is 0 Å². The van der Waals surface area contributed by atoms with Crippen LogP contribution in [0.2, 0.25) is 0 Å². The molecule has 0 saturated heterocycles. The van der Waals surface area contributed by atoms with Gasteiger partial charge in [-0.3, -0.25) is 4.79 Å². The van der Waals surface area contributed by atoms with Crippen LogP contribution in [-0.4, -0.2) is 25.3 Å². The molecule has 0 aliphatic rings. The van der Waals surface area contributed by atoms with Gasteiger partial charge in [-0.25, -0.2) is 0 Å². The first-order chi connectivity index (χ1) is 5.26. The van der Waals surface area contributed by atoms with Crippen molar-refractivity contribution in [2.24, 2.45) is 0 Å². The van der Waals surface area contributed by atoms with E-state index in [2.05, 4.69) is 0 Å². The first-order valence-electron chi connectivity index (χ1n) is 4.02. The minimum absolute atomic E-state index is 0.00806. The lowest BCUT2D eigenvalue weighted by Gasteiger charge is -2.13. The molecule has 3 heteroatoms. The van der Waals surface area contributed by atoms with E-state index in [1.165, 1.54) is 0 Å². The molecule has 0 aliphatic carbocycles. The standard InChI is InChI=1S/C8H16O3/c1-4-7(9)8(10-5-2)11-6-3/h8H,4-6H2,1-3H3. The smallest absolute Gasteiger partial charge is 0.217 e. The van der Waals surface area contributed by atoms with E-state index in [0.29, 0.717) is 19.6 Å². The first-order valence-corrected chi connectivity index (χ1v) is 4.02. The van der Waals surface area contributed by atoms with Gasteiger partial charge in [-0.15, -0.1) is 0 Å². The monoisotopic (exact) mass is 160 g/mol. The number of hydrogen-bond donors (Lipinski definition) is 0. The lowest BCUT2D eigenvalue weighted by Crippen LogP contribution is -2.26. The van der Waals surface area contributed by atoms with Gasteiger partial charge in [-0.05, 0) is 13.8 Å². The van der Waals surface area contributed by atoms with Crippen molar-refractivity contribution < 1.29 is 14.3 Å². The third-order valence-electron chi connectivity index (χ3n) is 1.25. The highest BCUT2D eigenvalue weighted by Gasteiger charge is 2.15. The number of hydrogen-bond acceptors (Lipinski definition) is 3. The van der Waals surface area contributed by atoms with Gasteiger partial charge in [0.1, 0.15) is 0 Å². The number of rotatable bonds is 6. The van der Waals surface area contributed by atoms with Crippen molar-refractivity contribution in [2.75, 3.05) is 13.2 Å². The largest absolute Gasteiger partial charge is 0.346 e. The normalized spacial score (nSPS) is 10.5. The molecule has 0 aliphatic heterocycles. The number of carbonyl (C=O) groups excluding carboxylic acids is 1. The van der Waals surface area contributed by atoms with Crippen LogP contribution in [0.15, 0.2) is 0 Å². The van der Waals surface area contributed by atoms with E-state index in [0.717, 1.165) is 0 Å². The van der Waals surface area contributed by atoms with Gasteiger partial charge >= 0.3 is 0 Å². The molecule has 0 aromatic carbocycles. The summed E-state index contributed by atoms with van der Waals surface area (Å²) in [6.07, 6.45) is -0.181. The number of carbonyl (C=O) groups is 1. The Labute approximate surface area is 67.7 Å². The molecule has 0 bridgehead atoms. The molecule has 0 radical (unpaired) electrons. The molecule has 0 amide bonds. The minimum atomic E-state index is -0.644. The van der Waals surface area contributed by atoms with Crippen molar-refractivity contribution in [3.63, 3.8) is 0 Å². The molecular weight excluding hydrogens is 144 g/mol. The highest BCUT2D eigenvalue weighted by Crippen LogP contribution is 1.99. The Hall–Kier alpha value is -0.410. The zero-order chi connectivity index (χ0) is 8.69. The topological polar surface area (TPSA) is 35.5 Å². The van der Waals surface area contributed by atoms with E-state index in [9.17, 15) is 4.79 Å². The molecule has 0 heterocycles. The zero-order valence-electron chi connectivity index (χ0n) is 7.42. The Balaban J connectivity index is 3.76. The van der Waals surface area contributed by atoms with Crippen LogP contribution in [-0.2, 0) is 14.3 Å². The van der Waals surface area contributed by atoms with E-state index < -0.39 is 6.29 Å². The first kappa shape index (κ1) is 10.6. The summed E-state index contributed by atoms with van der Waals surface area (Å²) in [4.78, 5) is 11.0. The summed E-state index contributed by atoms with van der Waals surface area (Å²) in [5, 5.41) is 0. The van der Waals surface area contributed by atoms with Gasteiger partial charge in [0.25, 0.3) is 0 Å². The number of Topliss-reactive ketones (excluding diaryl/α,β-unsaturated/α-hetero) is 1. The molecule has 0 aromatic rings. The fraction of sp³-hybridized carbons (Fsp3) is 0.875. The Kier molecular flexibility index (Phi) is 6.07. The molecule has 0 rings (SSSR count). The second-order valence-corrected chi connectivity index (χ2v) is 2.06. The van der Waals surface area contributed by atoms with Crippen molar-refractivity contribution in [1.29, 1.82) is 0 Å². The number of ketones is 1. The van der Waals surface area contributed by atoms with Gasteiger partial charge in [-0.1, -0.05) is 6.92 Å². The molecule has 0 fully saturated rings. The highest BCUT2D eigenvalue weighted by atomic mass is 16.7. The second kappa shape index (κ2) is 6.31. The van der Waals surface area contributed by atoms with Crippen LogP contribution < -0.4 is 0 Å². The Morgan fingerprint density at radius 2 is 1.64 bits per heavy atom. The van der Waals surface area contributed by atoms with Crippen molar-refractivity contribution in [1.82, 2.24) is 0 Å². The molecule has 0 spiro atoms. The summed E-state index contributed by atoms with van der Waals surface area (Å²) in [5.41, 5.74) is 0. The molecule has 0 atom stereocenters. The minimum Gasteiger partial charge on any atom is -0.346 e. The molecule has 66 valence electrons. The molecule has 0 unspecified atom stereocenters. The molecular formula is C8H16O3. The summed E-state index contributed by atoms with van der Waals surface area (Å²) >= 11 is 0. The maximum Gasteiger partial charge on any atom is 0.217 e. The highest BCUT2D eigenvalue weighted by molar-refractivity contribution is 5.81. The van der Waals surface area contributed by atoms with E-state index in [1.54, 1.807) is 6.92 Å². The Morgan fingerprint density at radius 1 is 1.18 bits per heavy atom.